The molecule has 0 aliphatic carbocycles. The Balaban J connectivity index is 1.92. The van der Waals surface area contributed by atoms with Crippen LogP contribution in [0, 0.1) is 13.8 Å². The zero-order valence-corrected chi connectivity index (χ0v) is 16.7. The Morgan fingerprint density at radius 1 is 1.15 bits per heavy atom. The molecule has 1 amide bonds. The lowest BCUT2D eigenvalue weighted by Crippen LogP contribution is -2.24. The molecule has 0 fully saturated rings. The quantitative estimate of drug-likeness (QED) is 0.548. The van der Waals surface area contributed by atoms with Gasteiger partial charge in [-0.05, 0) is 70.7 Å². The molecule has 0 aliphatic rings. The van der Waals surface area contributed by atoms with E-state index in [1.165, 1.54) is 6.21 Å². The highest BCUT2D eigenvalue weighted by Gasteiger charge is 2.09. The Labute approximate surface area is 161 Å². The van der Waals surface area contributed by atoms with E-state index in [1.54, 1.807) is 32.4 Å². The van der Waals surface area contributed by atoms with Crippen LogP contribution < -0.4 is 19.6 Å². The number of halogens is 1. The molecule has 0 atom stereocenters. The number of ether oxygens (including phenoxy) is 3. The fraction of sp³-hybridized carbons (Fsp3) is 0.263. The van der Waals surface area contributed by atoms with Crippen LogP contribution in [0.4, 0.5) is 0 Å². The van der Waals surface area contributed by atoms with Crippen molar-refractivity contribution >= 4 is 28.1 Å². The molecule has 0 saturated carbocycles. The molecular weight excluding hydrogens is 400 g/mol. The number of hydrazone groups is 1. The van der Waals surface area contributed by atoms with Gasteiger partial charge in [0.1, 0.15) is 5.75 Å². The molecule has 0 radical (unpaired) electrons. The van der Waals surface area contributed by atoms with Gasteiger partial charge in [-0.25, -0.2) is 5.43 Å². The Hall–Kier alpha value is -2.54. The minimum Gasteiger partial charge on any atom is -0.493 e. The Bertz CT molecular complexity index is 798. The first-order valence-corrected chi connectivity index (χ1v) is 8.67. The maximum atomic E-state index is 11.9. The maximum Gasteiger partial charge on any atom is 0.277 e. The van der Waals surface area contributed by atoms with Crippen LogP contribution in [0.1, 0.15) is 16.7 Å². The summed E-state index contributed by atoms with van der Waals surface area (Å²) in [5.74, 6) is 1.51. The number of methoxy groups -OCH3 is 2. The lowest BCUT2D eigenvalue weighted by Gasteiger charge is -2.11. The van der Waals surface area contributed by atoms with Crippen molar-refractivity contribution in [2.24, 2.45) is 5.10 Å². The molecule has 0 bridgehead atoms. The first-order valence-electron chi connectivity index (χ1n) is 7.88. The molecule has 2 rings (SSSR count). The molecule has 0 heterocycles. The summed E-state index contributed by atoms with van der Waals surface area (Å²) in [6.07, 6.45) is 1.52. The molecule has 1 N–H and O–H groups in total. The lowest BCUT2D eigenvalue weighted by molar-refractivity contribution is -0.123. The van der Waals surface area contributed by atoms with Crippen molar-refractivity contribution in [2.75, 3.05) is 20.8 Å². The maximum absolute atomic E-state index is 11.9. The Morgan fingerprint density at radius 2 is 1.88 bits per heavy atom. The van der Waals surface area contributed by atoms with Crippen molar-refractivity contribution < 1.29 is 19.0 Å². The molecule has 0 aromatic heterocycles. The third-order valence-corrected chi connectivity index (χ3v) is 4.12. The van der Waals surface area contributed by atoms with Crippen molar-refractivity contribution in [2.45, 2.75) is 13.8 Å². The van der Waals surface area contributed by atoms with E-state index in [0.29, 0.717) is 17.2 Å². The van der Waals surface area contributed by atoms with Crippen LogP contribution in [-0.2, 0) is 4.79 Å². The molecule has 0 unspecified atom stereocenters. The highest BCUT2D eigenvalue weighted by molar-refractivity contribution is 9.10. The van der Waals surface area contributed by atoms with Gasteiger partial charge in [-0.2, -0.15) is 5.10 Å². The zero-order chi connectivity index (χ0) is 19.1. The number of nitrogens with one attached hydrogen (secondary N) is 1. The van der Waals surface area contributed by atoms with Gasteiger partial charge in [-0.3, -0.25) is 4.79 Å². The summed E-state index contributed by atoms with van der Waals surface area (Å²) in [7, 11) is 3.13. The zero-order valence-electron chi connectivity index (χ0n) is 15.1. The number of carbonyl (C=O) groups excluding carboxylic acids is 1. The topological polar surface area (TPSA) is 69.2 Å². The summed E-state index contributed by atoms with van der Waals surface area (Å²) in [5.41, 5.74) is 5.27. The third-order valence-electron chi connectivity index (χ3n) is 3.53. The number of rotatable bonds is 7. The van der Waals surface area contributed by atoms with Crippen LogP contribution in [0.25, 0.3) is 0 Å². The monoisotopic (exact) mass is 420 g/mol. The fourth-order valence-corrected chi connectivity index (χ4v) is 3.16. The first kappa shape index (κ1) is 19.8. The van der Waals surface area contributed by atoms with Gasteiger partial charge in [0.2, 0.25) is 0 Å². The largest absolute Gasteiger partial charge is 0.493 e. The number of hydrogen-bond acceptors (Lipinski definition) is 5. The summed E-state index contributed by atoms with van der Waals surface area (Å²) >= 11 is 3.45. The van der Waals surface area contributed by atoms with E-state index in [-0.39, 0.29) is 12.5 Å². The lowest BCUT2D eigenvalue weighted by atomic mass is 10.1. The van der Waals surface area contributed by atoms with Gasteiger partial charge < -0.3 is 14.2 Å². The molecule has 138 valence electrons. The molecule has 2 aromatic carbocycles. The second-order valence-corrected chi connectivity index (χ2v) is 6.44. The predicted molar refractivity (Wildman–Crippen MR) is 104 cm³/mol. The molecule has 0 spiro atoms. The van der Waals surface area contributed by atoms with Crippen LogP contribution in [0.5, 0.6) is 17.2 Å². The van der Waals surface area contributed by atoms with Crippen LogP contribution in [0.15, 0.2) is 39.9 Å². The van der Waals surface area contributed by atoms with Gasteiger partial charge in [0.05, 0.1) is 24.9 Å². The van der Waals surface area contributed by atoms with Crippen LogP contribution in [-0.4, -0.2) is 32.9 Å². The molecule has 6 nitrogen and oxygen atoms in total. The molecule has 0 aliphatic heterocycles. The first-order chi connectivity index (χ1) is 12.4. The summed E-state index contributed by atoms with van der Waals surface area (Å²) in [6, 6.07) is 9.27. The number of carbonyl (C=O) groups is 1. The van der Waals surface area contributed by atoms with Crippen molar-refractivity contribution in [1.29, 1.82) is 0 Å². The van der Waals surface area contributed by atoms with E-state index in [0.717, 1.165) is 21.2 Å². The Kier molecular flexibility index (Phi) is 7.03. The number of hydrogen-bond donors (Lipinski definition) is 1. The van der Waals surface area contributed by atoms with Gasteiger partial charge in [0.25, 0.3) is 5.91 Å². The Morgan fingerprint density at radius 3 is 2.54 bits per heavy atom. The highest BCUT2D eigenvalue weighted by Crippen LogP contribution is 2.30. The second-order valence-electron chi connectivity index (χ2n) is 5.59. The van der Waals surface area contributed by atoms with Crippen molar-refractivity contribution in [1.82, 2.24) is 5.43 Å². The van der Waals surface area contributed by atoms with E-state index >= 15 is 0 Å². The van der Waals surface area contributed by atoms with Crippen molar-refractivity contribution in [3.05, 3.63) is 51.5 Å². The normalized spacial score (nSPS) is 10.7. The van der Waals surface area contributed by atoms with Crippen LogP contribution in [0.3, 0.4) is 0 Å². The summed E-state index contributed by atoms with van der Waals surface area (Å²) in [4.78, 5) is 11.9. The number of nitrogens with zero attached hydrogens (tertiary/aromatic N) is 1. The second kappa shape index (κ2) is 9.24. The van der Waals surface area contributed by atoms with Crippen molar-refractivity contribution in [3.63, 3.8) is 0 Å². The summed E-state index contributed by atoms with van der Waals surface area (Å²) in [6.45, 7) is 3.79. The number of benzene rings is 2. The van der Waals surface area contributed by atoms with E-state index in [1.807, 2.05) is 26.0 Å². The predicted octanol–water partition coefficient (Wildman–Crippen LogP) is 3.61. The molecule has 0 saturated heterocycles. The summed E-state index contributed by atoms with van der Waals surface area (Å²) in [5, 5.41) is 3.93. The molecular formula is C19H21BrN2O4. The molecule has 7 heteroatoms. The average molecular weight is 421 g/mol. The third kappa shape index (κ3) is 5.23. The van der Waals surface area contributed by atoms with Gasteiger partial charge >= 0.3 is 0 Å². The highest BCUT2D eigenvalue weighted by atomic mass is 79.9. The van der Waals surface area contributed by atoms with E-state index < -0.39 is 0 Å². The fourth-order valence-electron chi connectivity index (χ4n) is 2.37. The van der Waals surface area contributed by atoms with Crippen LogP contribution in [0.2, 0.25) is 0 Å². The van der Waals surface area contributed by atoms with Gasteiger partial charge in [0, 0.05) is 0 Å². The average Bonchev–Trinajstić information content (AvgIpc) is 2.60. The standard InChI is InChI=1S/C19H21BrN2O4/c1-12-7-13(2)19(15(20)8-12)26-11-18(23)22-21-10-14-5-6-16(24-3)17(9-14)25-4/h5-10H,11H2,1-4H3,(H,22,23). The van der Waals surface area contributed by atoms with E-state index in [9.17, 15) is 4.79 Å². The number of amides is 1. The minimum atomic E-state index is -0.353. The molecule has 2 aromatic rings. The molecule has 26 heavy (non-hydrogen) atoms. The smallest absolute Gasteiger partial charge is 0.277 e. The van der Waals surface area contributed by atoms with Gasteiger partial charge in [-0.15, -0.1) is 0 Å². The summed E-state index contributed by atoms with van der Waals surface area (Å²) < 4.78 is 16.8. The minimum absolute atomic E-state index is 0.133. The van der Waals surface area contributed by atoms with E-state index in [2.05, 4.69) is 26.5 Å². The van der Waals surface area contributed by atoms with E-state index in [4.69, 9.17) is 14.2 Å². The van der Waals surface area contributed by atoms with Crippen molar-refractivity contribution in [3.8, 4) is 17.2 Å². The number of aryl methyl sites for hydroxylation is 2. The van der Waals surface area contributed by atoms with Crippen LogP contribution >= 0.6 is 15.9 Å². The van der Waals surface area contributed by atoms with Gasteiger partial charge in [-0.1, -0.05) is 6.07 Å². The van der Waals surface area contributed by atoms with Gasteiger partial charge in [0.15, 0.2) is 18.1 Å². The SMILES string of the molecule is COc1ccc(C=NNC(=O)COc2c(C)cc(C)cc2Br)cc1OC.